The van der Waals surface area contributed by atoms with Crippen LogP contribution in [0.15, 0.2) is 15.7 Å². The van der Waals surface area contributed by atoms with Gasteiger partial charge in [-0.3, -0.25) is 10.1 Å². The van der Waals surface area contributed by atoms with E-state index in [0.29, 0.717) is 12.5 Å². The quantitative estimate of drug-likeness (QED) is 0.415. The summed E-state index contributed by atoms with van der Waals surface area (Å²) in [5.74, 6) is 0.413. The molecule has 0 amide bonds. The fourth-order valence-electron chi connectivity index (χ4n) is 0.680. The second-order valence-electron chi connectivity index (χ2n) is 2.16. The molecule has 0 fully saturated rings. The number of guanidine groups is 1. The molecule has 0 aromatic carbocycles. The van der Waals surface area contributed by atoms with Crippen LogP contribution in [0.3, 0.4) is 0 Å². The van der Waals surface area contributed by atoms with Crippen molar-refractivity contribution in [3.63, 3.8) is 0 Å². The molecule has 1 rings (SSSR count). The Labute approximate surface area is 102 Å². The van der Waals surface area contributed by atoms with Crippen LogP contribution in [-0.2, 0) is 6.54 Å². The summed E-state index contributed by atoms with van der Waals surface area (Å²) >= 11 is 3.32. The summed E-state index contributed by atoms with van der Waals surface area (Å²) in [5, 5.41) is 9.55. The molecule has 5 nitrogen and oxygen atoms in total. The number of aliphatic imine (C=N–C) groups is 1. The first-order chi connectivity index (χ1) is 5.74. The molecule has 0 radical (unpaired) electrons. The molecule has 0 atom stereocenters. The van der Waals surface area contributed by atoms with Crippen LogP contribution >= 0.6 is 39.9 Å². The van der Waals surface area contributed by atoms with Crippen LogP contribution in [0.5, 0.6) is 0 Å². The lowest BCUT2D eigenvalue weighted by Crippen LogP contribution is -2.30. The third-order valence-corrected chi connectivity index (χ3v) is 2.04. The molecule has 0 saturated carbocycles. The third-order valence-electron chi connectivity index (χ3n) is 1.35. The fourth-order valence-corrected chi connectivity index (χ4v) is 1.01. The van der Waals surface area contributed by atoms with Crippen LogP contribution in [0.4, 0.5) is 0 Å². The molecule has 74 valence electrons. The first kappa shape index (κ1) is 12.7. The zero-order chi connectivity index (χ0) is 8.97. The van der Waals surface area contributed by atoms with Gasteiger partial charge < -0.3 is 11.1 Å². The summed E-state index contributed by atoms with van der Waals surface area (Å²) in [6.07, 6.45) is 1.69. The van der Waals surface area contributed by atoms with Gasteiger partial charge in [0.1, 0.15) is 0 Å². The van der Waals surface area contributed by atoms with Crippen molar-refractivity contribution in [2.24, 2.45) is 10.7 Å². The van der Waals surface area contributed by atoms with Crippen LogP contribution in [0, 0.1) is 0 Å². The van der Waals surface area contributed by atoms with Crippen LogP contribution in [0.25, 0.3) is 0 Å². The van der Waals surface area contributed by atoms with Crippen LogP contribution in [0.2, 0.25) is 0 Å². The van der Waals surface area contributed by atoms with Gasteiger partial charge in [0.05, 0.1) is 22.9 Å². The normalized spacial score (nSPS) is 10.8. The minimum Gasteiger partial charge on any atom is -0.370 e. The van der Waals surface area contributed by atoms with E-state index in [1.807, 2.05) is 0 Å². The van der Waals surface area contributed by atoms with Gasteiger partial charge in [-0.1, -0.05) is 0 Å². The van der Waals surface area contributed by atoms with Crippen molar-refractivity contribution < 1.29 is 0 Å². The number of nitrogens with two attached hydrogens (primary N) is 1. The van der Waals surface area contributed by atoms with Crippen molar-refractivity contribution >= 4 is 45.9 Å². The maximum absolute atomic E-state index is 5.43. The average Bonchev–Trinajstić information content (AvgIpc) is 2.47. The van der Waals surface area contributed by atoms with E-state index in [9.17, 15) is 0 Å². The van der Waals surface area contributed by atoms with Crippen LogP contribution in [0.1, 0.15) is 5.69 Å². The lowest BCUT2D eigenvalue weighted by Gasteiger charge is -2.02. The first-order valence-corrected chi connectivity index (χ1v) is 4.17. The Kier molecular flexibility index (Phi) is 6.04. The van der Waals surface area contributed by atoms with Crippen molar-refractivity contribution in [1.82, 2.24) is 15.5 Å². The molecule has 13 heavy (non-hydrogen) atoms. The van der Waals surface area contributed by atoms with Crippen molar-refractivity contribution in [2.75, 3.05) is 7.05 Å². The van der Waals surface area contributed by atoms with E-state index < -0.39 is 0 Å². The largest absolute Gasteiger partial charge is 0.370 e. The minimum atomic E-state index is 0. The molecule has 7 heteroatoms. The van der Waals surface area contributed by atoms with E-state index in [-0.39, 0.29) is 24.0 Å². The maximum atomic E-state index is 5.43. The van der Waals surface area contributed by atoms with E-state index in [1.165, 1.54) is 0 Å². The molecule has 0 unspecified atom stereocenters. The highest BCUT2D eigenvalue weighted by Gasteiger charge is 2.00. The predicted molar refractivity (Wildman–Crippen MR) is 66.1 cm³/mol. The van der Waals surface area contributed by atoms with Crippen molar-refractivity contribution in [1.29, 1.82) is 0 Å². The summed E-state index contributed by atoms with van der Waals surface area (Å²) in [6, 6.07) is 0. The zero-order valence-corrected chi connectivity index (χ0v) is 11.0. The summed E-state index contributed by atoms with van der Waals surface area (Å²) in [4.78, 5) is 3.75. The van der Waals surface area contributed by atoms with Gasteiger partial charge in [0.15, 0.2) is 5.96 Å². The molecule has 0 bridgehead atoms. The van der Waals surface area contributed by atoms with Crippen molar-refractivity contribution in [3.8, 4) is 0 Å². The predicted octanol–water partition coefficient (Wildman–Crippen LogP) is 0.824. The molecular formula is C6H11BrIN5. The Morgan fingerprint density at radius 2 is 2.54 bits per heavy atom. The number of nitrogens with zero attached hydrogens (tertiary/aromatic N) is 2. The fraction of sp³-hybridized carbons (Fsp3) is 0.333. The minimum absolute atomic E-state index is 0. The highest BCUT2D eigenvalue weighted by molar-refractivity contribution is 14.0. The van der Waals surface area contributed by atoms with Gasteiger partial charge in [0.25, 0.3) is 0 Å². The Morgan fingerprint density at radius 1 is 1.85 bits per heavy atom. The Morgan fingerprint density at radius 3 is 3.00 bits per heavy atom. The standard InChI is InChI=1S/C6H10BrN5.HI/c1-9-6(8)10-3-5-4(7)2-11-12-5;/h2H,3H2,1H3,(H,11,12)(H3,8,9,10);1H. The molecule has 1 aromatic heterocycles. The van der Waals surface area contributed by atoms with Gasteiger partial charge in [-0.25, -0.2) is 0 Å². The van der Waals surface area contributed by atoms with E-state index in [2.05, 4.69) is 36.4 Å². The molecule has 4 N–H and O–H groups in total. The second kappa shape index (κ2) is 6.19. The molecule has 0 saturated heterocycles. The SMILES string of the molecule is CN=C(N)NCc1[nH]ncc1Br.I. The summed E-state index contributed by atoms with van der Waals surface area (Å²) < 4.78 is 0.930. The van der Waals surface area contributed by atoms with Crippen molar-refractivity contribution in [2.45, 2.75) is 6.54 Å². The number of aromatic nitrogens is 2. The topological polar surface area (TPSA) is 79.1 Å². The smallest absolute Gasteiger partial charge is 0.188 e. The lowest BCUT2D eigenvalue weighted by atomic mass is 10.4. The number of hydrogen-bond acceptors (Lipinski definition) is 2. The molecular weight excluding hydrogens is 349 g/mol. The Balaban J connectivity index is 0.00000144. The number of rotatable bonds is 2. The molecule has 0 spiro atoms. The first-order valence-electron chi connectivity index (χ1n) is 3.38. The number of hydrogen-bond donors (Lipinski definition) is 3. The number of nitrogens with one attached hydrogen (secondary N) is 2. The van der Waals surface area contributed by atoms with Gasteiger partial charge in [0.2, 0.25) is 0 Å². The Bertz CT molecular complexity index is 284. The second-order valence-corrected chi connectivity index (χ2v) is 3.01. The van der Waals surface area contributed by atoms with Gasteiger partial charge in [0, 0.05) is 7.05 Å². The van der Waals surface area contributed by atoms with E-state index >= 15 is 0 Å². The lowest BCUT2D eigenvalue weighted by molar-refractivity contribution is 0.846. The van der Waals surface area contributed by atoms with Gasteiger partial charge in [-0.15, -0.1) is 24.0 Å². The number of halogens is 2. The maximum Gasteiger partial charge on any atom is 0.188 e. The third kappa shape index (κ3) is 3.94. The molecule has 1 aromatic rings. The summed E-state index contributed by atoms with van der Waals surface area (Å²) in [6.45, 7) is 0.587. The van der Waals surface area contributed by atoms with E-state index in [0.717, 1.165) is 10.2 Å². The summed E-state index contributed by atoms with van der Waals surface area (Å²) in [5.41, 5.74) is 6.37. The zero-order valence-electron chi connectivity index (χ0n) is 7.04. The molecule has 1 heterocycles. The number of aromatic amines is 1. The highest BCUT2D eigenvalue weighted by Crippen LogP contribution is 2.11. The summed E-state index contributed by atoms with van der Waals surface area (Å²) in [7, 11) is 1.63. The monoisotopic (exact) mass is 359 g/mol. The van der Waals surface area contributed by atoms with Gasteiger partial charge >= 0.3 is 0 Å². The molecule has 0 aliphatic rings. The highest BCUT2D eigenvalue weighted by atomic mass is 127. The van der Waals surface area contributed by atoms with E-state index in [4.69, 9.17) is 5.73 Å². The van der Waals surface area contributed by atoms with Crippen LogP contribution in [-0.4, -0.2) is 23.2 Å². The van der Waals surface area contributed by atoms with E-state index in [1.54, 1.807) is 13.2 Å². The van der Waals surface area contributed by atoms with Gasteiger partial charge in [-0.05, 0) is 15.9 Å². The Hall–Kier alpha value is -0.310. The average molecular weight is 360 g/mol. The molecule has 0 aliphatic carbocycles. The molecule has 0 aliphatic heterocycles. The van der Waals surface area contributed by atoms with Gasteiger partial charge in [-0.2, -0.15) is 5.10 Å². The van der Waals surface area contributed by atoms with Crippen molar-refractivity contribution in [3.05, 3.63) is 16.4 Å². The van der Waals surface area contributed by atoms with Crippen LogP contribution < -0.4 is 11.1 Å². The number of H-pyrrole nitrogens is 1.